The highest BCUT2D eigenvalue weighted by molar-refractivity contribution is 7.20. The lowest BCUT2D eigenvalue weighted by Crippen LogP contribution is -2.17. The van der Waals surface area contributed by atoms with E-state index in [1.807, 2.05) is 48.0 Å². The number of hydrogen-bond acceptors (Lipinski definition) is 5. The second-order valence-corrected chi connectivity index (χ2v) is 6.93. The fourth-order valence-electron chi connectivity index (χ4n) is 2.91. The number of nitrogens with zero attached hydrogens (tertiary/aromatic N) is 2. The Morgan fingerprint density at radius 3 is 3.00 bits per heavy atom. The number of aromatic nitrogens is 2. The highest BCUT2D eigenvalue weighted by atomic mass is 32.1. The van der Waals surface area contributed by atoms with Crippen molar-refractivity contribution in [2.24, 2.45) is 0 Å². The summed E-state index contributed by atoms with van der Waals surface area (Å²) in [5.41, 5.74) is 1.89. The maximum atomic E-state index is 12.3. The van der Waals surface area contributed by atoms with Crippen molar-refractivity contribution in [3.63, 3.8) is 0 Å². The van der Waals surface area contributed by atoms with Gasteiger partial charge in [-0.15, -0.1) is 11.3 Å². The Bertz CT molecular complexity index is 863. The van der Waals surface area contributed by atoms with Gasteiger partial charge in [0, 0.05) is 12.0 Å². The fraction of sp³-hybridized carbons (Fsp3) is 0.333. The molecular formula is C18H18N2O3S. The monoisotopic (exact) mass is 342 g/mol. The van der Waals surface area contributed by atoms with Gasteiger partial charge in [-0.1, -0.05) is 18.2 Å². The summed E-state index contributed by atoms with van der Waals surface area (Å²) < 4.78 is 12.8. The van der Waals surface area contributed by atoms with Crippen molar-refractivity contribution in [2.45, 2.75) is 25.9 Å². The largest absolute Gasteiger partial charge is 0.459 e. The molecule has 5 nitrogen and oxygen atoms in total. The number of hydrogen-bond donors (Lipinski definition) is 0. The van der Waals surface area contributed by atoms with Crippen molar-refractivity contribution >= 4 is 27.5 Å². The van der Waals surface area contributed by atoms with Gasteiger partial charge in [0.15, 0.2) is 0 Å². The summed E-state index contributed by atoms with van der Waals surface area (Å²) in [6, 6.07) is 11.8. The lowest BCUT2D eigenvalue weighted by molar-refractivity contribution is 0.0165. The van der Waals surface area contributed by atoms with Crippen LogP contribution in [0.4, 0.5) is 0 Å². The maximum absolute atomic E-state index is 12.3. The third-order valence-corrected chi connectivity index (χ3v) is 5.26. The molecule has 1 aromatic carbocycles. The summed E-state index contributed by atoms with van der Waals surface area (Å²) in [4.78, 5) is 13.9. The zero-order valence-corrected chi connectivity index (χ0v) is 14.2. The van der Waals surface area contributed by atoms with E-state index in [9.17, 15) is 4.79 Å². The lowest BCUT2D eigenvalue weighted by atomic mass is 10.2. The molecule has 4 rings (SSSR count). The number of carbonyl (C=O) groups is 1. The van der Waals surface area contributed by atoms with Crippen LogP contribution < -0.4 is 0 Å². The fourth-order valence-corrected chi connectivity index (χ4v) is 3.98. The molecule has 3 heterocycles. The molecule has 2 aromatic heterocycles. The molecule has 24 heavy (non-hydrogen) atoms. The molecular weight excluding hydrogens is 324 g/mol. The number of carbonyl (C=O) groups excluding carboxylic acids is 1. The summed E-state index contributed by atoms with van der Waals surface area (Å²) in [5.74, 6) is -0.286. The quantitative estimate of drug-likeness (QED) is 0.678. The Hall–Kier alpha value is -2.18. The van der Waals surface area contributed by atoms with E-state index in [-0.39, 0.29) is 12.1 Å². The van der Waals surface area contributed by atoms with Crippen molar-refractivity contribution in [1.29, 1.82) is 0 Å². The van der Waals surface area contributed by atoms with Gasteiger partial charge in [-0.2, -0.15) is 5.10 Å². The molecule has 1 atom stereocenters. The van der Waals surface area contributed by atoms with E-state index in [1.54, 1.807) is 0 Å². The molecule has 0 N–H and O–H groups in total. The van der Waals surface area contributed by atoms with Gasteiger partial charge in [0.2, 0.25) is 0 Å². The first-order valence-electron chi connectivity index (χ1n) is 8.05. The van der Waals surface area contributed by atoms with Crippen LogP contribution in [0.5, 0.6) is 0 Å². The Labute approximate surface area is 143 Å². The smallest absolute Gasteiger partial charge is 0.348 e. The van der Waals surface area contributed by atoms with Gasteiger partial charge in [0.1, 0.15) is 16.3 Å². The minimum atomic E-state index is -0.286. The zero-order chi connectivity index (χ0) is 16.5. The van der Waals surface area contributed by atoms with Crippen molar-refractivity contribution in [3.05, 3.63) is 47.0 Å². The van der Waals surface area contributed by atoms with Crippen molar-refractivity contribution in [1.82, 2.24) is 9.78 Å². The molecule has 1 saturated heterocycles. The van der Waals surface area contributed by atoms with E-state index in [2.05, 4.69) is 5.10 Å². The van der Waals surface area contributed by atoms with Crippen molar-refractivity contribution in [2.75, 3.05) is 13.2 Å². The van der Waals surface area contributed by atoms with Crippen LogP contribution in [0, 0.1) is 6.92 Å². The zero-order valence-electron chi connectivity index (χ0n) is 13.4. The first kappa shape index (κ1) is 15.4. The van der Waals surface area contributed by atoms with Gasteiger partial charge in [0.05, 0.1) is 17.5 Å². The van der Waals surface area contributed by atoms with Crippen LogP contribution in [0.25, 0.3) is 15.9 Å². The Morgan fingerprint density at radius 1 is 1.42 bits per heavy atom. The van der Waals surface area contributed by atoms with E-state index in [0.717, 1.165) is 41.0 Å². The summed E-state index contributed by atoms with van der Waals surface area (Å²) >= 11 is 1.42. The van der Waals surface area contributed by atoms with Gasteiger partial charge < -0.3 is 9.47 Å². The number of ether oxygens (including phenoxy) is 2. The van der Waals surface area contributed by atoms with Crippen LogP contribution in [0.1, 0.15) is 28.2 Å². The van der Waals surface area contributed by atoms with Crippen LogP contribution in [0.2, 0.25) is 0 Å². The predicted molar refractivity (Wildman–Crippen MR) is 92.9 cm³/mol. The molecule has 6 heteroatoms. The third-order valence-electron chi connectivity index (χ3n) is 4.17. The first-order valence-corrected chi connectivity index (χ1v) is 8.87. The van der Waals surface area contributed by atoms with Crippen LogP contribution in [-0.4, -0.2) is 35.1 Å². The van der Waals surface area contributed by atoms with E-state index >= 15 is 0 Å². The van der Waals surface area contributed by atoms with E-state index in [1.165, 1.54) is 11.3 Å². The number of thiophene rings is 1. The van der Waals surface area contributed by atoms with Gasteiger partial charge >= 0.3 is 5.97 Å². The van der Waals surface area contributed by atoms with Crippen molar-refractivity contribution in [3.8, 4) is 5.69 Å². The molecule has 124 valence electrons. The molecule has 1 fully saturated rings. The Kier molecular flexibility index (Phi) is 4.08. The Morgan fingerprint density at radius 2 is 2.25 bits per heavy atom. The molecule has 0 bridgehead atoms. The topological polar surface area (TPSA) is 53.4 Å². The van der Waals surface area contributed by atoms with E-state index in [0.29, 0.717) is 11.5 Å². The highest BCUT2D eigenvalue weighted by Gasteiger charge is 2.21. The predicted octanol–water partition coefficient (Wildman–Crippen LogP) is 3.73. The molecule has 1 aliphatic rings. The second-order valence-electron chi connectivity index (χ2n) is 5.90. The number of aryl methyl sites for hydroxylation is 1. The third kappa shape index (κ3) is 2.83. The van der Waals surface area contributed by atoms with Crippen LogP contribution in [0.15, 0.2) is 36.4 Å². The van der Waals surface area contributed by atoms with Gasteiger partial charge in [-0.05, 0) is 38.0 Å². The highest BCUT2D eigenvalue weighted by Crippen LogP contribution is 2.30. The standard InChI is InChI=1S/C18H18N2O3S/c1-12-15-10-16(18(21)23-11-14-8-5-9-22-14)24-17(15)20(19-12)13-6-3-2-4-7-13/h2-4,6-7,10,14H,5,8-9,11H2,1H3. The average molecular weight is 342 g/mol. The first-order chi connectivity index (χ1) is 11.7. The van der Waals surface area contributed by atoms with Crippen molar-refractivity contribution < 1.29 is 14.3 Å². The normalized spacial score (nSPS) is 17.5. The van der Waals surface area contributed by atoms with Crippen LogP contribution in [0.3, 0.4) is 0 Å². The second kappa shape index (κ2) is 6.37. The van der Waals surface area contributed by atoms with Gasteiger partial charge in [0.25, 0.3) is 0 Å². The molecule has 0 saturated carbocycles. The molecule has 0 radical (unpaired) electrons. The summed E-state index contributed by atoms with van der Waals surface area (Å²) in [6.45, 7) is 3.05. The molecule has 0 aliphatic carbocycles. The molecule has 1 unspecified atom stereocenters. The van der Waals surface area contributed by atoms with Gasteiger partial charge in [-0.3, -0.25) is 0 Å². The number of fused-ring (bicyclic) bond motifs is 1. The number of para-hydroxylation sites is 1. The summed E-state index contributed by atoms with van der Waals surface area (Å²) in [5, 5.41) is 5.58. The number of esters is 1. The lowest BCUT2D eigenvalue weighted by Gasteiger charge is -2.09. The molecule has 1 aliphatic heterocycles. The minimum absolute atomic E-state index is 0.0462. The van der Waals surface area contributed by atoms with Crippen LogP contribution in [-0.2, 0) is 9.47 Å². The average Bonchev–Trinajstić information content (AvgIpc) is 3.32. The van der Waals surface area contributed by atoms with Gasteiger partial charge in [-0.25, -0.2) is 9.48 Å². The van der Waals surface area contributed by atoms with E-state index in [4.69, 9.17) is 9.47 Å². The SMILES string of the molecule is Cc1nn(-c2ccccc2)c2sc(C(=O)OCC3CCCO3)cc12. The molecule has 3 aromatic rings. The Balaban J connectivity index is 1.60. The van der Waals surface area contributed by atoms with E-state index < -0.39 is 0 Å². The molecule has 0 amide bonds. The van der Waals surface area contributed by atoms with Crippen LogP contribution >= 0.6 is 11.3 Å². The summed E-state index contributed by atoms with van der Waals surface area (Å²) in [6.07, 6.45) is 2.05. The number of benzene rings is 1. The number of rotatable bonds is 4. The maximum Gasteiger partial charge on any atom is 0.348 e. The molecule has 0 spiro atoms. The summed E-state index contributed by atoms with van der Waals surface area (Å²) in [7, 11) is 0. The minimum Gasteiger partial charge on any atom is -0.459 e.